The highest BCUT2D eigenvalue weighted by Gasteiger charge is 2.62. The Labute approximate surface area is 195 Å². The van der Waals surface area contributed by atoms with E-state index in [-0.39, 0.29) is 17.9 Å². The van der Waals surface area contributed by atoms with E-state index in [1.807, 2.05) is 28.8 Å². The molecule has 3 aromatic heterocycles. The van der Waals surface area contributed by atoms with Crippen molar-refractivity contribution >= 4 is 11.6 Å². The summed E-state index contributed by atoms with van der Waals surface area (Å²) in [5.74, 6) is -0.577. The van der Waals surface area contributed by atoms with Gasteiger partial charge >= 0.3 is 12.4 Å². The minimum atomic E-state index is -4.98. The number of alkyl halides is 6. The maximum atomic E-state index is 13.5. The molecule has 4 heterocycles. The molecule has 14 heteroatoms. The highest BCUT2D eigenvalue weighted by molar-refractivity contribution is 5.39. The van der Waals surface area contributed by atoms with Gasteiger partial charge in [-0.05, 0) is 31.4 Å². The summed E-state index contributed by atoms with van der Waals surface area (Å²) < 4.78 is 87.8. The first-order valence-electron chi connectivity index (χ1n) is 11.0. The first-order chi connectivity index (χ1) is 16.6. The molecule has 2 atom stereocenters. The van der Waals surface area contributed by atoms with E-state index in [2.05, 4.69) is 30.8 Å². The number of anilines is 1. The monoisotopic (exact) mass is 501 g/mol. The number of pyridine rings is 1. The highest BCUT2D eigenvalue weighted by atomic mass is 19.4. The van der Waals surface area contributed by atoms with Gasteiger partial charge in [0.2, 0.25) is 17.4 Å². The normalized spacial score (nSPS) is 22.6. The third kappa shape index (κ3) is 4.46. The second-order valence-electron chi connectivity index (χ2n) is 8.80. The van der Waals surface area contributed by atoms with Crippen LogP contribution in [0.5, 0.6) is 5.88 Å². The predicted molar refractivity (Wildman–Crippen MR) is 111 cm³/mol. The Morgan fingerprint density at radius 1 is 1.09 bits per heavy atom. The lowest BCUT2D eigenvalue weighted by Gasteiger charge is -2.43. The molecule has 1 saturated heterocycles. The quantitative estimate of drug-likeness (QED) is 0.512. The van der Waals surface area contributed by atoms with Crippen molar-refractivity contribution in [1.29, 1.82) is 0 Å². The van der Waals surface area contributed by atoms with Crippen LogP contribution >= 0.6 is 0 Å². The third-order valence-corrected chi connectivity index (χ3v) is 6.40. The number of hydrogen-bond acceptors (Lipinski definition) is 7. The van der Waals surface area contributed by atoms with Gasteiger partial charge in [-0.3, -0.25) is 4.40 Å². The summed E-state index contributed by atoms with van der Waals surface area (Å²) in [6.45, 7) is -1.34. The summed E-state index contributed by atoms with van der Waals surface area (Å²) in [5.41, 5.74) is -3.53. The van der Waals surface area contributed by atoms with Crippen molar-refractivity contribution in [3.8, 4) is 5.88 Å². The number of hydrogen-bond donors (Lipinski definition) is 2. The standard InChI is InChI=1S/C21H21F6N7O/c22-20(23,24)14-9-29-18(31-17(14)35-19(10-28-11-19)21(25,26)27)30-13-5-3-4-12(8-13)16-33-32-15-6-1-2-7-34(15)16/h1-2,6-7,9,12-13,28H,3-5,8,10-11H2,(H,29,30,31)/t12-,13+/m0/s1. The molecule has 1 saturated carbocycles. The molecule has 0 bridgehead atoms. The van der Waals surface area contributed by atoms with Gasteiger partial charge in [-0.25, -0.2) is 4.98 Å². The van der Waals surface area contributed by atoms with Gasteiger partial charge in [0.1, 0.15) is 11.4 Å². The SMILES string of the molecule is FC(F)(F)c1cnc(N[C@@H]2CCC[C@H](c3nnc4ccccn34)C2)nc1OC1(C(F)(F)F)CNC1. The Bertz CT molecular complexity index is 1210. The smallest absolute Gasteiger partial charge is 0.430 e. The van der Waals surface area contributed by atoms with Crippen molar-refractivity contribution in [2.45, 2.75) is 55.6 Å². The van der Waals surface area contributed by atoms with Gasteiger partial charge < -0.3 is 15.4 Å². The Morgan fingerprint density at radius 2 is 1.89 bits per heavy atom. The van der Waals surface area contributed by atoms with Gasteiger partial charge in [0.15, 0.2) is 5.65 Å². The lowest BCUT2D eigenvalue weighted by molar-refractivity contribution is -0.265. The van der Waals surface area contributed by atoms with E-state index in [4.69, 9.17) is 4.74 Å². The van der Waals surface area contributed by atoms with E-state index in [0.29, 0.717) is 24.7 Å². The van der Waals surface area contributed by atoms with Crippen LogP contribution in [0, 0.1) is 0 Å². The number of rotatable bonds is 5. The average Bonchev–Trinajstić information content (AvgIpc) is 3.19. The zero-order chi connectivity index (χ0) is 24.8. The summed E-state index contributed by atoms with van der Waals surface area (Å²) >= 11 is 0. The Kier molecular flexibility index (Phi) is 5.73. The molecule has 2 fully saturated rings. The molecular formula is C21H21F6N7O. The number of nitrogens with zero attached hydrogens (tertiary/aromatic N) is 5. The van der Waals surface area contributed by atoms with Crippen molar-refractivity contribution in [3.63, 3.8) is 0 Å². The van der Waals surface area contributed by atoms with Crippen LogP contribution in [0.15, 0.2) is 30.6 Å². The molecule has 3 aromatic rings. The minimum Gasteiger partial charge on any atom is -0.458 e. The topological polar surface area (TPSA) is 89.3 Å². The van der Waals surface area contributed by atoms with Crippen molar-refractivity contribution in [2.24, 2.45) is 0 Å². The Morgan fingerprint density at radius 3 is 2.57 bits per heavy atom. The first kappa shape index (κ1) is 23.6. The molecule has 0 radical (unpaired) electrons. The molecule has 2 N–H and O–H groups in total. The highest BCUT2D eigenvalue weighted by Crippen LogP contribution is 2.42. The molecule has 0 unspecified atom stereocenters. The van der Waals surface area contributed by atoms with E-state index in [9.17, 15) is 26.3 Å². The maximum absolute atomic E-state index is 13.5. The van der Waals surface area contributed by atoms with Crippen LogP contribution in [0.4, 0.5) is 32.3 Å². The lowest BCUT2D eigenvalue weighted by atomic mass is 9.85. The molecule has 0 amide bonds. The second kappa shape index (κ2) is 8.50. The second-order valence-corrected chi connectivity index (χ2v) is 8.80. The summed E-state index contributed by atoms with van der Waals surface area (Å²) in [6, 6.07) is 5.32. The summed E-state index contributed by atoms with van der Waals surface area (Å²) in [5, 5.41) is 13.8. The van der Waals surface area contributed by atoms with Crippen molar-refractivity contribution in [1.82, 2.24) is 29.9 Å². The minimum absolute atomic E-state index is 0.0263. The Hall–Kier alpha value is -3.16. The van der Waals surface area contributed by atoms with Gasteiger partial charge in [0.25, 0.3) is 0 Å². The van der Waals surface area contributed by atoms with E-state index in [1.54, 1.807) is 0 Å². The predicted octanol–water partition coefficient (Wildman–Crippen LogP) is 3.96. The van der Waals surface area contributed by atoms with Gasteiger partial charge in [0.05, 0.1) is 0 Å². The van der Waals surface area contributed by atoms with Crippen LogP contribution in [-0.2, 0) is 6.18 Å². The number of fused-ring (bicyclic) bond motifs is 1. The Balaban J connectivity index is 1.37. The summed E-state index contributed by atoms with van der Waals surface area (Å²) in [6.07, 6.45) is -4.64. The molecule has 1 aliphatic heterocycles. The van der Waals surface area contributed by atoms with Gasteiger partial charge in [0, 0.05) is 37.4 Å². The zero-order valence-corrected chi connectivity index (χ0v) is 18.2. The molecule has 35 heavy (non-hydrogen) atoms. The van der Waals surface area contributed by atoms with Crippen molar-refractivity contribution in [2.75, 3.05) is 18.4 Å². The van der Waals surface area contributed by atoms with Crippen LogP contribution in [-0.4, -0.2) is 55.5 Å². The largest absolute Gasteiger partial charge is 0.458 e. The van der Waals surface area contributed by atoms with Gasteiger partial charge in [-0.2, -0.15) is 31.3 Å². The third-order valence-electron chi connectivity index (χ3n) is 6.40. The number of aromatic nitrogens is 5. The maximum Gasteiger partial charge on any atom is 0.430 e. The average molecular weight is 501 g/mol. The van der Waals surface area contributed by atoms with Crippen molar-refractivity contribution in [3.05, 3.63) is 42.0 Å². The molecule has 1 aliphatic carbocycles. The number of nitrogens with one attached hydrogen (secondary N) is 2. The molecule has 2 aliphatic rings. The lowest BCUT2D eigenvalue weighted by Crippen LogP contribution is -2.71. The van der Waals surface area contributed by atoms with E-state index in [0.717, 1.165) is 18.7 Å². The van der Waals surface area contributed by atoms with Crippen LogP contribution in [0.2, 0.25) is 0 Å². The molecule has 5 rings (SSSR count). The fourth-order valence-electron chi connectivity index (χ4n) is 4.45. The molecule has 8 nitrogen and oxygen atoms in total. The van der Waals surface area contributed by atoms with E-state index < -0.39 is 42.5 Å². The van der Waals surface area contributed by atoms with Crippen LogP contribution < -0.4 is 15.4 Å². The first-order valence-corrected chi connectivity index (χ1v) is 11.0. The van der Waals surface area contributed by atoms with Crippen molar-refractivity contribution < 1.29 is 31.1 Å². The summed E-state index contributed by atoms with van der Waals surface area (Å²) in [7, 11) is 0. The fraction of sp³-hybridized carbons (Fsp3) is 0.524. The van der Waals surface area contributed by atoms with Gasteiger partial charge in [-0.1, -0.05) is 12.5 Å². The van der Waals surface area contributed by atoms with Crippen LogP contribution in [0.25, 0.3) is 5.65 Å². The summed E-state index contributed by atoms with van der Waals surface area (Å²) in [4.78, 5) is 7.45. The van der Waals surface area contributed by atoms with E-state index >= 15 is 0 Å². The van der Waals surface area contributed by atoms with Gasteiger partial charge in [-0.15, -0.1) is 10.2 Å². The molecule has 0 spiro atoms. The zero-order valence-electron chi connectivity index (χ0n) is 18.2. The fourth-order valence-corrected chi connectivity index (χ4v) is 4.45. The van der Waals surface area contributed by atoms with Crippen LogP contribution in [0.1, 0.15) is 43.0 Å². The molecule has 188 valence electrons. The molecule has 0 aromatic carbocycles. The number of halogens is 6. The number of ether oxygens (including phenoxy) is 1. The van der Waals surface area contributed by atoms with Crippen LogP contribution in [0.3, 0.4) is 0 Å². The molecular weight excluding hydrogens is 480 g/mol. The van der Waals surface area contributed by atoms with E-state index in [1.165, 1.54) is 0 Å².